The predicted molar refractivity (Wildman–Crippen MR) is 58.5 cm³/mol. The minimum absolute atomic E-state index is 0.125. The average Bonchev–Trinajstić information content (AvgIpc) is 2.30. The van der Waals surface area contributed by atoms with Crippen LogP contribution in [0.3, 0.4) is 0 Å². The van der Waals surface area contributed by atoms with Gasteiger partial charge in [-0.2, -0.15) is 0 Å². The second kappa shape index (κ2) is 4.17. The van der Waals surface area contributed by atoms with E-state index < -0.39 is 5.41 Å². The van der Waals surface area contributed by atoms with Crippen molar-refractivity contribution in [3.8, 4) is 0 Å². The van der Waals surface area contributed by atoms with Crippen molar-refractivity contribution in [2.75, 3.05) is 26.7 Å². The average molecular weight is 227 g/mol. The fourth-order valence-electron chi connectivity index (χ4n) is 3.10. The zero-order valence-corrected chi connectivity index (χ0v) is 9.67. The summed E-state index contributed by atoms with van der Waals surface area (Å²) in [7, 11) is 1.35. The van der Waals surface area contributed by atoms with E-state index in [9.17, 15) is 9.18 Å². The van der Waals surface area contributed by atoms with Crippen molar-refractivity contribution in [3.63, 3.8) is 0 Å². The lowest BCUT2D eigenvalue weighted by molar-refractivity contribution is -0.147. The van der Waals surface area contributed by atoms with Gasteiger partial charge in [0.05, 0.1) is 13.5 Å². The van der Waals surface area contributed by atoms with E-state index in [1.165, 1.54) is 7.11 Å². The molecule has 3 nitrogen and oxygen atoms in total. The number of fused-ring (bicyclic) bond motifs is 3. The Balaban J connectivity index is 2.22. The molecule has 0 saturated carbocycles. The van der Waals surface area contributed by atoms with E-state index in [1.807, 2.05) is 0 Å². The smallest absolute Gasteiger partial charge is 0.306 e. The van der Waals surface area contributed by atoms with Gasteiger partial charge in [-0.25, -0.2) is 4.39 Å². The van der Waals surface area contributed by atoms with Crippen LogP contribution in [0.15, 0.2) is 12.4 Å². The molecular weight excluding hydrogens is 209 g/mol. The van der Waals surface area contributed by atoms with Gasteiger partial charge in [0.1, 0.15) is 5.83 Å². The number of carbonyl (C=O) groups is 1. The van der Waals surface area contributed by atoms with Crippen molar-refractivity contribution in [2.24, 2.45) is 11.3 Å². The van der Waals surface area contributed by atoms with E-state index in [2.05, 4.69) is 16.2 Å². The number of rotatable bonds is 3. The normalized spacial score (nSPS) is 37.1. The standard InChI is InChI=1S/C12H18FNO2/c1-9(13)12(7-11(15)16-2)8-14-5-3-10(12)4-6-14/h10H,1,3-8H2,2H3. The van der Waals surface area contributed by atoms with Gasteiger partial charge in [-0.15, -0.1) is 0 Å². The highest BCUT2D eigenvalue weighted by Gasteiger charge is 2.50. The summed E-state index contributed by atoms with van der Waals surface area (Å²) in [6, 6.07) is 0. The zero-order chi connectivity index (χ0) is 11.8. The van der Waals surface area contributed by atoms with Crippen LogP contribution in [0, 0.1) is 11.3 Å². The molecule has 0 spiro atoms. The van der Waals surface area contributed by atoms with Gasteiger partial charge >= 0.3 is 5.97 Å². The van der Waals surface area contributed by atoms with Gasteiger partial charge in [0.15, 0.2) is 0 Å². The van der Waals surface area contributed by atoms with Crippen LogP contribution in [0.2, 0.25) is 0 Å². The largest absolute Gasteiger partial charge is 0.469 e. The van der Waals surface area contributed by atoms with Gasteiger partial charge in [-0.05, 0) is 31.8 Å². The molecule has 2 bridgehead atoms. The Morgan fingerprint density at radius 3 is 2.56 bits per heavy atom. The molecular formula is C12H18FNO2. The van der Waals surface area contributed by atoms with Gasteiger partial charge in [0.2, 0.25) is 0 Å². The summed E-state index contributed by atoms with van der Waals surface area (Å²) in [6.45, 7) is 6.10. The summed E-state index contributed by atoms with van der Waals surface area (Å²) >= 11 is 0. The van der Waals surface area contributed by atoms with Gasteiger partial charge in [-0.3, -0.25) is 4.79 Å². The Kier molecular flexibility index (Phi) is 3.02. The van der Waals surface area contributed by atoms with Gasteiger partial charge in [0, 0.05) is 12.0 Å². The molecule has 1 unspecified atom stereocenters. The van der Waals surface area contributed by atoms with Crippen molar-refractivity contribution in [1.29, 1.82) is 0 Å². The number of hydrogen-bond acceptors (Lipinski definition) is 3. The van der Waals surface area contributed by atoms with Gasteiger partial charge in [-0.1, -0.05) is 6.58 Å². The van der Waals surface area contributed by atoms with Crippen molar-refractivity contribution in [1.82, 2.24) is 4.90 Å². The summed E-state index contributed by atoms with van der Waals surface area (Å²) in [5.41, 5.74) is -0.691. The van der Waals surface area contributed by atoms with Crippen LogP contribution in [0.5, 0.6) is 0 Å². The number of nitrogens with zero attached hydrogens (tertiary/aromatic N) is 1. The molecule has 90 valence electrons. The van der Waals surface area contributed by atoms with E-state index in [0.29, 0.717) is 6.54 Å². The predicted octanol–water partition coefficient (Wildman–Crippen LogP) is 1.74. The first-order valence-electron chi connectivity index (χ1n) is 5.72. The lowest BCUT2D eigenvalue weighted by Gasteiger charge is -2.52. The number of carbonyl (C=O) groups excluding carboxylic acids is 1. The third-order valence-electron chi connectivity index (χ3n) is 4.10. The molecule has 3 rings (SSSR count). The lowest BCUT2D eigenvalue weighted by atomic mass is 9.64. The van der Waals surface area contributed by atoms with E-state index in [4.69, 9.17) is 0 Å². The lowest BCUT2D eigenvalue weighted by Crippen LogP contribution is -2.55. The number of esters is 1. The number of piperidine rings is 3. The minimum atomic E-state index is -0.691. The van der Waals surface area contributed by atoms with Crippen LogP contribution in [0.25, 0.3) is 0 Å². The molecule has 0 N–H and O–H groups in total. The molecule has 3 aliphatic rings. The van der Waals surface area contributed by atoms with Crippen LogP contribution in [-0.2, 0) is 9.53 Å². The SMILES string of the molecule is C=C(F)C1(CC(=O)OC)CN2CCC1CC2. The second-order valence-corrected chi connectivity index (χ2v) is 4.86. The summed E-state index contributed by atoms with van der Waals surface area (Å²) in [4.78, 5) is 13.6. The second-order valence-electron chi connectivity index (χ2n) is 4.86. The monoisotopic (exact) mass is 227 g/mol. The van der Waals surface area contributed by atoms with E-state index in [-0.39, 0.29) is 24.1 Å². The minimum Gasteiger partial charge on any atom is -0.469 e. The summed E-state index contributed by atoms with van der Waals surface area (Å²) < 4.78 is 18.4. The highest BCUT2D eigenvalue weighted by atomic mass is 19.1. The van der Waals surface area contributed by atoms with Crippen molar-refractivity contribution < 1.29 is 13.9 Å². The number of hydrogen-bond donors (Lipinski definition) is 0. The van der Waals surface area contributed by atoms with Crippen LogP contribution >= 0.6 is 0 Å². The molecule has 3 aliphatic heterocycles. The molecule has 0 aliphatic carbocycles. The number of halogens is 1. The van der Waals surface area contributed by atoms with Crippen molar-refractivity contribution in [2.45, 2.75) is 19.3 Å². The van der Waals surface area contributed by atoms with Crippen molar-refractivity contribution in [3.05, 3.63) is 12.4 Å². The first kappa shape index (κ1) is 11.6. The molecule has 3 heterocycles. The molecule has 0 amide bonds. The van der Waals surface area contributed by atoms with Crippen LogP contribution in [0.1, 0.15) is 19.3 Å². The van der Waals surface area contributed by atoms with E-state index >= 15 is 0 Å². The topological polar surface area (TPSA) is 29.5 Å². The highest BCUT2D eigenvalue weighted by molar-refractivity contribution is 5.70. The highest BCUT2D eigenvalue weighted by Crippen LogP contribution is 2.49. The van der Waals surface area contributed by atoms with Crippen LogP contribution < -0.4 is 0 Å². The Hall–Kier alpha value is -0.900. The van der Waals surface area contributed by atoms with Crippen LogP contribution in [-0.4, -0.2) is 37.6 Å². The zero-order valence-electron chi connectivity index (χ0n) is 9.67. The Morgan fingerprint density at radius 1 is 1.56 bits per heavy atom. The number of ether oxygens (including phenoxy) is 1. The maximum Gasteiger partial charge on any atom is 0.306 e. The fraction of sp³-hybridized carbons (Fsp3) is 0.750. The third-order valence-corrected chi connectivity index (χ3v) is 4.10. The quantitative estimate of drug-likeness (QED) is 0.688. The molecule has 16 heavy (non-hydrogen) atoms. The van der Waals surface area contributed by atoms with Crippen molar-refractivity contribution >= 4 is 5.97 Å². The third kappa shape index (κ3) is 1.75. The maximum atomic E-state index is 13.8. The maximum absolute atomic E-state index is 13.8. The fourth-order valence-corrected chi connectivity index (χ4v) is 3.10. The summed E-state index contributed by atoms with van der Waals surface area (Å²) in [5, 5.41) is 0. The van der Waals surface area contributed by atoms with Gasteiger partial charge in [0.25, 0.3) is 0 Å². The molecule has 0 aromatic rings. The summed E-state index contributed by atoms with van der Waals surface area (Å²) in [5.74, 6) is -0.450. The van der Waals surface area contributed by atoms with Gasteiger partial charge < -0.3 is 9.64 Å². The van der Waals surface area contributed by atoms with Crippen LogP contribution in [0.4, 0.5) is 4.39 Å². The molecule has 0 aromatic heterocycles. The molecule has 4 heteroatoms. The first-order valence-corrected chi connectivity index (χ1v) is 5.72. The molecule has 0 radical (unpaired) electrons. The Labute approximate surface area is 95.3 Å². The Bertz CT molecular complexity index is 310. The Morgan fingerprint density at radius 2 is 2.19 bits per heavy atom. The first-order chi connectivity index (χ1) is 7.58. The number of methoxy groups -OCH3 is 1. The molecule has 3 saturated heterocycles. The molecule has 0 aromatic carbocycles. The van der Waals surface area contributed by atoms with E-state index in [1.54, 1.807) is 0 Å². The van der Waals surface area contributed by atoms with E-state index in [0.717, 1.165) is 25.9 Å². The summed E-state index contributed by atoms with van der Waals surface area (Å²) in [6.07, 6.45) is 2.04. The molecule has 1 atom stereocenters. The molecule has 3 fully saturated rings.